The fourth-order valence-corrected chi connectivity index (χ4v) is 1.56. The highest BCUT2D eigenvalue weighted by molar-refractivity contribution is 6.30. The van der Waals surface area contributed by atoms with Gasteiger partial charge in [-0.05, 0) is 24.3 Å². The van der Waals surface area contributed by atoms with Crippen LogP contribution in [0.3, 0.4) is 0 Å². The summed E-state index contributed by atoms with van der Waals surface area (Å²) >= 11 is 5.58. The van der Waals surface area contributed by atoms with Crippen LogP contribution in [0.2, 0.25) is 5.02 Å². The zero-order valence-corrected chi connectivity index (χ0v) is 10.0. The van der Waals surface area contributed by atoms with Gasteiger partial charge in [-0.3, -0.25) is 5.41 Å². The van der Waals surface area contributed by atoms with Gasteiger partial charge in [0.2, 0.25) is 0 Å². The van der Waals surface area contributed by atoms with Crippen molar-refractivity contribution in [3.8, 4) is 11.5 Å². The van der Waals surface area contributed by atoms with Gasteiger partial charge in [-0.25, -0.2) is 4.39 Å². The third-order valence-corrected chi connectivity index (χ3v) is 2.60. The molecular weight excluding hydrogens is 255 g/mol. The first-order valence-corrected chi connectivity index (χ1v) is 5.52. The van der Waals surface area contributed by atoms with Crippen LogP contribution in [0, 0.1) is 11.2 Å². The number of nitrogens with one attached hydrogen (secondary N) is 1. The van der Waals surface area contributed by atoms with Crippen molar-refractivity contribution in [3.63, 3.8) is 0 Å². The summed E-state index contributed by atoms with van der Waals surface area (Å²) in [6.45, 7) is 0. The second-order valence-electron chi connectivity index (χ2n) is 3.59. The molecule has 0 fully saturated rings. The van der Waals surface area contributed by atoms with Crippen LogP contribution < -0.4 is 10.5 Å². The van der Waals surface area contributed by atoms with Gasteiger partial charge in [-0.1, -0.05) is 23.7 Å². The van der Waals surface area contributed by atoms with E-state index < -0.39 is 5.82 Å². The first kappa shape index (κ1) is 12.4. The van der Waals surface area contributed by atoms with Crippen LogP contribution in [0.4, 0.5) is 4.39 Å². The summed E-state index contributed by atoms with van der Waals surface area (Å²) in [6.07, 6.45) is 0. The average Bonchev–Trinajstić information content (AvgIpc) is 2.34. The van der Waals surface area contributed by atoms with Gasteiger partial charge in [0.05, 0.1) is 10.6 Å². The summed E-state index contributed by atoms with van der Waals surface area (Å²) in [7, 11) is 0. The van der Waals surface area contributed by atoms with Crippen molar-refractivity contribution in [2.45, 2.75) is 0 Å². The topological polar surface area (TPSA) is 59.1 Å². The van der Waals surface area contributed by atoms with E-state index in [1.165, 1.54) is 12.1 Å². The fraction of sp³-hybridized carbons (Fsp3) is 0. The van der Waals surface area contributed by atoms with E-state index >= 15 is 0 Å². The Balaban J connectivity index is 2.34. The molecule has 0 heterocycles. The van der Waals surface area contributed by atoms with E-state index in [9.17, 15) is 4.39 Å². The minimum Gasteiger partial charge on any atom is -0.456 e. The second kappa shape index (κ2) is 5.06. The standard InChI is InChI=1S/C13H10ClFN2O/c14-10-6-5-8(7-11(10)15)18-12-4-2-1-3-9(12)13(16)17/h1-7H,(H3,16,17). The normalized spacial score (nSPS) is 10.1. The monoisotopic (exact) mass is 264 g/mol. The van der Waals surface area contributed by atoms with E-state index in [4.69, 9.17) is 27.5 Å². The van der Waals surface area contributed by atoms with Crippen molar-refractivity contribution in [3.05, 3.63) is 58.9 Å². The molecule has 0 unspecified atom stereocenters. The quantitative estimate of drug-likeness (QED) is 0.658. The number of hydrogen-bond donors (Lipinski definition) is 2. The third kappa shape index (κ3) is 2.60. The largest absolute Gasteiger partial charge is 0.456 e. The van der Waals surface area contributed by atoms with Gasteiger partial charge in [0.25, 0.3) is 0 Å². The van der Waals surface area contributed by atoms with Crippen LogP contribution in [0.25, 0.3) is 0 Å². The van der Waals surface area contributed by atoms with Crippen LogP contribution in [0.1, 0.15) is 5.56 Å². The molecule has 5 heteroatoms. The molecule has 0 aromatic heterocycles. The zero-order chi connectivity index (χ0) is 13.1. The maximum absolute atomic E-state index is 13.3. The molecule has 2 aromatic carbocycles. The number of amidine groups is 1. The number of ether oxygens (including phenoxy) is 1. The number of nitrogen functional groups attached to an aromatic ring is 1. The van der Waals surface area contributed by atoms with E-state index in [2.05, 4.69) is 0 Å². The Bertz CT molecular complexity index is 601. The Labute approximate surface area is 108 Å². The summed E-state index contributed by atoms with van der Waals surface area (Å²) in [5, 5.41) is 7.45. The molecule has 0 saturated heterocycles. The molecule has 2 rings (SSSR count). The lowest BCUT2D eigenvalue weighted by atomic mass is 10.2. The number of hydrogen-bond acceptors (Lipinski definition) is 2. The zero-order valence-electron chi connectivity index (χ0n) is 9.28. The van der Waals surface area contributed by atoms with E-state index in [0.29, 0.717) is 17.1 Å². The minimum atomic E-state index is -0.561. The van der Waals surface area contributed by atoms with Crippen LogP contribution in [0.15, 0.2) is 42.5 Å². The van der Waals surface area contributed by atoms with Gasteiger partial charge in [0.1, 0.15) is 23.2 Å². The molecule has 0 radical (unpaired) electrons. The van der Waals surface area contributed by atoms with Crippen LogP contribution in [0.5, 0.6) is 11.5 Å². The lowest BCUT2D eigenvalue weighted by Gasteiger charge is -2.10. The lowest BCUT2D eigenvalue weighted by molar-refractivity contribution is 0.476. The Morgan fingerprint density at radius 2 is 1.94 bits per heavy atom. The Kier molecular flexibility index (Phi) is 3.48. The first-order chi connectivity index (χ1) is 8.58. The maximum atomic E-state index is 13.3. The molecule has 0 aliphatic carbocycles. The fourth-order valence-electron chi connectivity index (χ4n) is 1.45. The lowest BCUT2D eigenvalue weighted by Crippen LogP contribution is -2.12. The first-order valence-electron chi connectivity index (χ1n) is 5.14. The molecule has 3 N–H and O–H groups in total. The predicted octanol–water partition coefficient (Wildman–Crippen LogP) is 3.56. The molecule has 2 aromatic rings. The smallest absolute Gasteiger partial charge is 0.145 e. The molecule has 92 valence electrons. The molecule has 0 aliphatic heterocycles. The minimum absolute atomic E-state index is 0.0298. The molecule has 0 amide bonds. The summed E-state index contributed by atoms with van der Waals surface area (Å²) < 4.78 is 18.7. The number of halogens is 2. The molecule has 0 bridgehead atoms. The SMILES string of the molecule is N=C(N)c1ccccc1Oc1ccc(Cl)c(F)c1. The predicted molar refractivity (Wildman–Crippen MR) is 68.9 cm³/mol. The van der Waals surface area contributed by atoms with Crippen molar-refractivity contribution in [1.29, 1.82) is 5.41 Å². The summed E-state index contributed by atoms with van der Waals surface area (Å²) in [5.41, 5.74) is 5.88. The molecule has 0 spiro atoms. The van der Waals surface area contributed by atoms with Crippen LogP contribution >= 0.6 is 11.6 Å². The van der Waals surface area contributed by atoms with Crippen molar-refractivity contribution < 1.29 is 9.13 Å². The Morgan fingerprint density at radius 1 is 1.22 bits per heavy atom. The molecular formula is C13H10ClFN2O. The number of rotatable bonds is 3. The summed E-state index contributed by atoms with van der Waals surface area (Å²) in [5.74, 6) is 0.0202. The van der Waals surface area contributed by atoms with Gasteiger partial charge in [0, 0.05) is 6.07 Å². The summed E-state index contributed by atoms with van der Waals surface area (Å²) in [4.78, 5) is 0. The maximum Gasteiger partial charge on any atom is 0.145 e. The van der Waals surface area contributed by atoms with Gasteiger partial charge in [-0.15, -0.1) is 0 Å². The Morgan fingerprint density at radius 3 is 2.61 bits per heavy atom. The highest BCUT2D eigenvalue weighted by atomic mass is 35.5. The molecule has 3 nitrogen and oxygen atoms in total. The van der Waals surface area contributed by atoms with Crippen molar-refractivity contribution >= 4 is 17.4 Å². The molecule has 0 saturated carbocycles. The molecule has 0 aliphatic rings. The number of benzene rings is 2. The van der Waals surface area contributed by atoms with E-state index in [1.807, 2.05) is 0 Å². The Hall–Kier alpha value is -2.07. The van der Waals surface area contributed by atoms with E-state index in [1.54, 1.807) is 30.3 Å². The van der Waals surface area contributed by atoms with Crippen LogP contribution in [-0.4, -0.2) is 5.84 Å². The highest BCUT2D eigenvalue weighted by Gasteiger charge is 2.08. The van der Waals surface area contributed by atoms with Gasteiger partial charge in [-0.2, -0.15) is 0 Å². The van der Waals surface area contributed by atoms with Gasteiger partial charge < -0.3 is 10.5 Å². The van der Waals surface area contributed by atoms with E-state index in [0.717, 1.165) is 0 Å². The molecule has 18 heavy (non-hydrogen) atoms. The highest BCUT2D eigenvalue weighted by Crippen LogP contribution is 2.27. The van der Waals surface area contributed by atoms with Crippen molar-refractivity contribution in [2.75, 3.05) is 0 Å². The second-order valence-corrected chi connectivity index (χ2v) is 4.00. The third-order valence-electron chi connectivity index (χ3n) is 2.30. The van der Waals surface area contributed by atoms with Gasteiger partial charge >= 0.3 is 0 Å². The van der Waals surface area contributed by atoms with E-state index in [-0.39, 0.29) is 10.9 Å². The number of para-hydroxylation sites is 1. The average molecular weight is 265 g/mol. The van der Waals surface area contributed by atoms with Gasteiger partial charge in [0.15, 0.2) is 0 Å². The summed E-state index contributed by atoms with van der Waals surface area (Å²) in [6, 6.07) is 10.9. The van der Waals surface area contributed by atoms with Crippen LogP contribution in [-0.2, 0) is 0 Å². The van der Waals surface area contributed by atoms with Crippen molar-refractivity contribution in [2.24, 2.45) is 5.73 Å². The van der Waals surface area contributed by atoms with Crippen molar-refractivity contribution in [1.82, 2.24) is 0 Å². The number of nitrogens with two attached hydrogens (primary N) is 1. The molecule has 0 atom stereocenters.